The van der Waals surface area contributed by atoms with E-state index in [9.17, 15) is 19.5 Å². The van der Waals surface area contributed by atoms with Crippen molar-refractivity contribution in [3.63, 3.8) is 0 Å². The van der Waals surface area contributed by atoms with E-state index in [4.69, 9.17) is 9.47 Å². The first-order valence-electron chi connectivity index (χ1n) is 8.17. The number of aliphatic carboxylic acids is 1. The van der Waals surface area contributed by atoms with Crippen LogP contribution in [0.2, 0.25) is 0 Å². The lowest BCUT2D eigenvalue weighted by Crippen LogP contribution is -2.74. The number of amides is 2. The van der Waals surface area contributed by atoms with Gasteiger partial charge in [0.1, 0.15) is 11.2 Å². The van der Waals surface area contributed by atoms with Crippen LogP contribution in [0.3, 0.4) is 0 Å². The molecule has 0 aromatic rings. The largest absolute Gasteiger partial charge is 0.480 e. The van der Waals surface area contributed by atoms with E-state index in [1.54, 1.807) is 41.5 Å². The normalized spacial score (nSPS) is 16.6. The number of carboxylic acids is 1. The molecule has 1 fully saturated rings. The second-order valence-electron chi connectivity index (χ2n) is 8.08. The fraction of sp³-hybridized carbons (Fsp3) is 0.812. The van der Waals surface area contributed by atoms with Gasteiger partial charge in [-0.05, 0) is 41.5 Å². The summed E-state index contributed by atoms with van der Waals surface area (Å²) in [6.07, 6.45) is -1.11. The number of likely N-dealkylation sites (tertiary alicyclic amines) is 1. The maximum atomic E-state index is 11.9. The molecule has 0 aliphatic carbocycles. The SMILES string of the molecule is CC(C)(C)OC(=O)NCCNC1(C(=O)O)CN(C(=O)OC(C)(C)C)C1. The molecule has 1 saturated heterocycles. The molecule has 25 heavy (non-hydrogen) atoms. The van der Waals surface area contributed by atoms with Crippen LogP contribution in [0, 0.1) is 0 Å². The minimum absolute atomic E-state index is 0.00365. The van der Waals surface area contributed by atoms with Gasteiger partial charge in [-0.1, -0.05) is 0 Å². The van der Waals surface area contributed by atoms with Crippen LogP contribution in [0.4, 0.5) is 9.59 Å². The van der Waals surface area contributed by atoms with Gasteiger partial charge >= 0.3 is 18.2 Å². The van der Waals surface area contributed by atoms with E-state index in [0.29, 0.717) is 0 Å². The Morgan fingerprint density at radius 2 is 1.52 bits per heavy atom. The lowest BCUT2D eigenvalue weighted by Gasteiger charge is -2.47. The smallest absolute Gasteiger partial charge is 0.410 e. The van der Waals surface area contributed by atoms with Gasteiger partial charge < -0.3 is 24.8 Å². The molecule has 0 saturated carbocycles. The van der Waals surface area contributed by atoms with Crippen molar-refractivity contribution in [1.29, 1.82) is 0 Å². The summed E-state index contributed by atoms with van der Waals surface area (Å²) in [7, 11) is 0. The molecule has 1 aliphatic heterocycles. The number of carbonyl (C=O) groups is 3. The van der Waals surface area contributed by atoms with Gasteiger partial charge in [-0.2, -0.15) is 0 Å². The Morgan fingerprint density at radius 1 is 1.00 bits per heavy atom. The maximum Gasteiger partial charge on any atom is 0.410 e. The monoisotopic (exact) mass is 359 g/mol. The molecule has 1 heterocycles. The topological polar surface area (TPSA) is 117 Å². The lowest BCUT2D eigenvalue weighted by molar-refractivity contribution is -0.152. The van der Waals surface area contributed by atoms with Crippen LogP contribution in [0.1, 0.15) is 41.5 Å². The third kappa shape index (κ3) is 6.77. The van der Waals surface area contributed by atoms with Crippen molar-refractivity contribution in [2.75, 3.05) is 26.2 Å². The van der Waals surface area contributed by atoms with Crippen molar-refractivity contribution < 1.29 is 29.0 Å². The molecule has 9 nitrogen and oxygen atoms in total. The van der Waals surface area contributed by atoms with Crippen molar-refractivity contribution in [1.82, 2.24) is 15.5 Å². The fourth-order valence-electron chi connectivity index (χ4n) is 2.16. The fourth-order valence-corrected chi connectivity index (χ4v) is 2.16. The Balaban J connectivity index is 2.41. The van der Waals surface area contributed by atoms with Gasteiger partial charge in [0.2, 0.25) is 0 Å². The molecule has 0 spiro atoms. The number of nitrogens with zero attached hydrogens (tertiary/aromatic N) is 1. The third-order valence-electron chi connectivity index (χ3n) is 3.24. The summed E-state index contributed by atoms with van der Waals surface area (Å²) < 4.78 is 10.3. The Morgan fingerprint density at radius 3 is 1.96 bits per heavy atom. The van der Waals surface area contributed by atoms with Crippen molar-refractivity contribution >= 4 is 18.2 Å². The molecule has 3 N–H and O–H groups in total. The minimum Gasteiger partial charge on any atom is -0.480 e. The number of nitrogens with one attached hydrogen (secondary N) is 2. The molecule has 0 aromatic carbocycles. The number of carbonyl (C=O) groups excluding carboxylic acids is 2. The second-order valence-corrected chi connectivity index (χ2v) is 8.08. The van der Waals surface area contributed by atoms with Crippen LogP contribution in [-0.4, -0.2) is 71.1 Å². The number of hydrogen-bond acceptors (Lipinski definition) is 6. The second kappa shape index (κ2) is 7.47. The van der Waals surface area contributed by atoms with E-state index in [1.807, 2.05) is 0 Å². The Hall–Kier alpha value is -2.03. The van der Waals surface area contributed by atoms with Gasteiger partial charge in [0, 0.05) is 13.1 Å². The van der Waals surface area contributed by atoms with E-state index in [1.165, 1.54) is 4.90 Å². The predicted molar refractivity (Wildman–Crippen MR) is 90.4 cm³/mol. The standard InChI is InChI=1S/C16H29N3O6/c1-14(2,3)24-12(22)17-7-8-18-16(11(20)21)9-19(10-16)13(23)25-15(4,5)6/h18H,7-10H2,1-6H3,(H,17,22)(H,20,21). The lowest BCUT2D eigenvalue weighted by atomic mass is 9.90. The quantitative estimate of drug-likeness (QED) is 0.631. The first-order valence-corrected chi connectivity index (χ1v) is 8.17. The van der Waals surface area contributed by atoms with Crippen LogP contribution in [0.5, 0.6) is 0 Å². The van der Waals surface area contributed by atoms with Gasteiger partial charge in [0.15, 0.2) is 5.54 Å². The molecular weight excluding hydrogens is 330 g/mol. The zero-order chi connectivity index (χ0) is 19.5. The van der Waals surface area contributed by atoms with Gasteiger partial charge in [0.05, 0.1) is 13.1 Å². The number of rotatable bonds is 5. The zero-order valence-corrected chi connectivity index (χ0v) is 15.8. The predicted octanol–water partition coefficient (Wildman–Crippen LogP) is 1.17. The van der Waals surface area contributed by atoms with E-state index in [2.05, 4.69) is 10.6 Å². The highest BCUT2D eigenvalue weighted by molar-refractivity contribution is 5.84. The number of alkyl carbamates (subject to hydrolysis) is 1. The van der Waals surface area contributed by atoms with Gasteiger partial charge in [-0.3, -0.25) is 10.1 Å². The molecule has 0 bridgehead atoms. The number of carboxylic acid groups (broad SMARTS) is 1. The molecule has 1 aliphatic rings. The minimum atomic E-state index is -1.23. The van der Waals surface area contributed by atoms with Crippen LogP contribution in [0.25, 0.3) is 0 Å². The molecule has 0 aromatic heterocycles. The van der Waals surface area contributed by atoms with Crippen LogP contribution < -0.4 is 10.6 Å². The highest BCUT2D eigenvalue weighted by atomic mass is 16.6. The molecule has 1 rings (SSSR count). The highest BCUT2D eigenvalue weighted by Crippen LogP contribution is 2.23. The molecule has 144 valence electrons. The first kappa shape index (κ1) is 21.0. The highest BCUT2D eigenvalue weighted by Gasteiger charge is 2.52. The molecule has 9 heteroatoms. The Labute approximate surface area is 148 Å². The maximum absolute atomic E-state index is 11.9. The summed E-state index contributed by atoms with van der Waals surface area (Å²) in [4.78, 5) is 36.3. The number of ether oxygens (including phenoxy) is 2. The van der Waals surface area contributed by atoms with Crippen molar-refractivity contribution in [3.8, 4) is 0 Å². The average Bonchev–Trinajstić information content (AvgIpc) is 2.31. The van der Waals surface area contributed by atoms with E-state index in [0.717, 1.165) is 0 Å². The van der Waals surface area contributed by atoms with Crippen LogP contribution in [0.15, 0.2) is 0 Å². The first-order chi connectivity index (χ1) is 11.2. The Kier molecular flexibility index (Phi) is 6.28. The van der Waals surface area contributed by atoms with Gasteiger partial charge in [-0.25, -0.2) is 9.59 Å². The third-order valence-corrected chi connectivity index (χ3v) is 3.24. The summed E-state index contributed by atoms with van der Waals surface area (Å²) in [5, 5.41) is 14.8. The summed E-state index contributed by atoms with van der Waals surface area (Å²) in [5.41, 5.74) is -2.46. The molecule has 0 unspecified atom stereocenters. The van der Waals surface area contributed by atoms with E-state index < -0.39 is 34.9 Å². The van der Waals surface area contributed by atoms with Crippen LogP contribution >= 0.6 is 0 Å². The molecule has 0 atom stereocenters. The zero-order valence-electron chi connectivity index (χ0n) is 15.8. The average molecular weight is 359 g/mol. The summed E-state index contributed by atoms with van der Waals surface area (Å²) in [6, 6.07) is 0. The summed E-state index contributed by atoms with van der Waals surface area (Å²) in [6.45, 7) is 10.9. The van der Waals surface area contributed by atoms with Gasteiger partial charge in [0.25, 0.3) is 0 Å². The summed E-state index contributed by atoms with van der Waals surface area (Å²) in [5.74, 6) is -1.05. The molecule has 0 radical (unpaired) electrons. The van der Waals surface area contributed by atoms with Crippen molar-refractivity contribution in [3.05, 3.63) is 0 Å². The van der Waals surface area contributed by atoms with Crippen LogP contribution in [-0.2, 0) is 14.3 Å². The molecular formula is C16H29N3O6. The van der Waals surface area contributed by atoms with Crippen molar-refractivity contribution in [2.45, 2.75) is 58.3 Å². The van der Waals surface area contributed by atoms with E-state index in [-0.39, 0.29) is 26.2 Å². The number of hydrogen-bond donors (Lipinski definition) is 3. The van der Waals surface area contributed by atoms with Crippen molar-refractivity contribution in [2.24, 2.45) is 0 Å². The molecule has 2 amide bonds. The Bertz CT molecular complexity index is 515. The summed E-state index contributed by atoms with van der Waals surface area (Å²) >= 11 is 0. The van der Waals surface area contributed by atoms with Gasteiger partial charge in [-0.15, -0.1) is 0 Å². The van der Waals surface area contributed by atoms with E-state index >= 15 is 0 Å².